The quantitative estimate of drug-likeness (QED) is 0.779. The Balaban J connectivity index is 1.74. The molecule has 1 saturated heterocycles. The number of pyridine rings is 1. The predicted octanol–water partition coefficient (Wildman–Crippen LogP) is 1.47. The van der Waals surface area contributed by atoms with Crippen molar-refractivity contribution < 1.29 is 9.32 Å². The summed E-state index contributed by atoms with van der Waals surface area (Å²) in [6.07, 6.45) is 6.05. The number of aromatic nitrogens is 3. The molecule has 0 bridgehead atoms. The standard InChI is InChI=1S/C13H14N4O2/c18-9-17-6-3-10(4-7-17)13-15-12(16-19-13)11-2-1-5-14-8-11/h1-2,5,8-10H,3-4,6-7H2. The van der Waals surface area contributed by atoms with Crippen molar-refractivity contribution in [3.63, 3.8) is 0 Å². The molecule has 0 aliphatic carbocycles. The SMILES string of the molecule is O=CN1CCC(c2nc(-c3cccnc3)no2)CC1. The van der Waals surface area contributed by atoms with E-state index in [0.29, 0.717) is 11.7 Å². The fourth-order valence-corrected chi connectivity index (χ4v) is 2.27. The van der Waals surface area contributed by atoms with Crippen LogP contribution in [0.5, 0.6) is 0 Å². The molecule has 0 saturated carbocycles. The molecule has 1 aliphatic rings. The molecule has 0 aromatic carbocycles. The van der Waals surface area contributed by atoms with Crippen LogP contribution in [0.25, 0.3) is 11.4 Å². The van der Waals surface area contributed by atoms with Crippen molar-refractivity contribution in [3.8, 4) is 11.4 Å². The lowest BCUT2D eigenvalue weighted by molar-refractivity contribution is -0.119. The van der Waals surface area contributed by atoms with Crippen molar-refractivity contribution in [2.24, 2.45) is 0 Å². The molecule has 0 radical (unpaired) electrons. The van der Waals surface area contributed by atoms with E-state index in [1.807, 2.05) is 12.1 Å². The monoisotopic (exact) mass is 258 g/mol. The fraction of sp³-hybridized carbons (Fsp3) is 0.385. The van der Waals surface area contributed by atoms with Gasteiger partial charge in [0.05, 0.1) is 0 Å². The van der Waals surface area contributed by atoms with E-state index in [0.717, 1.165) is 37.9 Å². The summed E-state index contributed by atoms with van der Waals surface area (Å²) in [5, 5.41) is 3.99. The molecular weight excluding hydrogens is 244 g/mol. The number of hydrogen-bond acceptors (Lipinski definition) is 5. The number of nitrogens with zero attached hydrogens (tertiary/aromatic N) is 4. The van der Waals surface area contributed by atoms with Crippen LogP contribution >= 0.6 is 0 Å². The van der Waals surface area contributed by atoms with Gasteiger partial charge in [-0.25, -0.2) is 0 Å². The summed E-state index contributed by atoms with van der Waals surface area (Å²) in [5.41, 5.74) is 0.850. The van der Waals surface area contributed by atoms with Crippen LogP contribution in [0.3, 0.4) is 0 Å². The second kappa shape index (κ2) is 5.17. The Morgan fingerprint density at radius 3 is 2.89 bits per heavy atom. The van der Waals surface area contributed by atoms with Crippen LogP contribution in [0.4, 0.5) is 0 Å². The molecule has 1 aliphatic heterocycles. The van der Waals surface area contributed by atoms with Crippen LogP contribution in [-0.4, -0.2) is 39.5 Å². The molecule has 3 heterocycles. The summed E-state index contributed by atoms with van der Waals surface area (Å²) in [6, 6.07) is 3.74. The maximum atomic E-state index is 10.7. The van der Waals surface area contributed by atoms with Crippen molar-refractivity contribution in [2.45, 2.75) is 18.8 Å². The Labute approximate surface area is 110 Å². The number of carbonyl (C=O) groups excluding carboxylic acids is 1. The molecule has 1 amide bonds. The number of hydrogen-bond donors (Lipinski definition) is 0. The minimum atomic E-state index is 0.245. The number of piperidine rings is 1. The van der Waals surface area contributed by atoms with Crippen molar-refractivity contribution in [2.75, 3.05) is 13.1 Å². The highest BCUT2D eigenvalue weighted by Crippen LogP contribution is 2.27. The molecule has 98 valence electrons. The fourth-order valence-electron chi connectivity index (χ4n) is 2.27. The zero-order valence-electron chi connectivity index (χ0n) is 10.4. The van der Waals surface area contributed by atoms with Gasteiger partial charge >= 0.3 is 0 Å². The first-order valence-corrected chi connectivity index (χ1v) is 6.30. The summed E-state index contributed by atoms with van der Waals surface area (Å²) in [4.78, 5) is 20.9. The second-order valence-corrected chi connectivity index (χ2v) is 4.61. The number of likely N-dealkylation sites (tertiary alicyclic amines) is 1. The highest BCUT2D eigenvalue weighted by Gasteiger charge is 2.24. The number of amides is 1. The zero-order chi connectivity index (χ0) is 13.1. The third-order valence-corrected chi connectivity index (χ3v) is 3.39. The third kappa shape index (κ3) is 2.47. The number of rotatable bonds is 3. The molecule has 1 fully saturated rings. The lowest BCUT2D eigenvalue weighted by atomic mass is 9.97. The largest absolute Gasteiger partial charge is 0.345 e. The van der Waals surface area contributed by atoms with Crippen LogP contribution in [0.1, 0.15) is 24.7 Å². The molecule has 2 aromatic rings. The van der Waals surface area contributed by atoms with Gasteiger partial charge in [-0.05, 0) is 25.0 Å². The normalized spacial score (nSPS) is 16.5. The van der Waals surface area contributed by atoms with Gasteiger partial charge in [0.2, 0.25) is 18.1 Å². The van der Waals surface area contributed by atoms with Gasteiger partial charge in [0.1, 0.15) is 0 Å². The molecule has 0 N–H and O–H groups in total. The van der Waals surface area contributed by atoms with E-state index in [1.165, 1.54) is 0 Å². The van der Waals surface area contributed by atoms with Gasteiger partial charge in [0.25, 0.3) is 0 Å². The molecule has 6 nitrogen and oxygen atoms in total. The lowest BCUT2D eigenvalue weighted by Gasteiger charge is -2.26. The second-order valence-electron chi connectivity index (χ2n) is 4.61. The van der Waals surface area contributed by atoms with Gasteiger partial charge in [-0.1, -0.05) is 5.16 Å². The van der Waals surface area contributed by atoms with Crippen molar-refractivity contribution in [3.05, 3.63) is 30.4 Å². The predicted molar refractivity (Wildman–Crippen MR) is 67.1 cm³/mol. The summed E-state index contributed by atoms with van der Waals surface area (Å²) in [7, 11) is 0. The summed E-state index contributed by atoms with van der Waals surface area (Å²) in [5.74, 6) is 1.47. The van der Waals surface area contributed by atoms with E-state index in [4.69, 9.17) is 4.52 Å². The summed E-state index contributed by atoms with van der Waals surface area (Å²) in [6.45, 7) is 1.50. The maximum Gasteiger partial charge on any atom is 0.230 e. The summed E-state index contributed by atoms with van der Waals surface area (Å²) < 4.78 is 5.33. The smallest absolute Gasteiger partial charge is 0.230 e. The van der Waals surface area contributed by atoms with E-state index >= 15 is 0 Å². The molecule has 0 atom stereocenters. The van der Waals surface area contributed by atoms with Crippen molar-refractivity contribution in [1.29, 1.82) is 0 Å². The molecule has 19 heavy (non-hydrogen) atoms. The van der Waals surface area contributed by atoms with E-state index in [-0.39, 0.29) is 5.92 Å². The average Bonchev–Trinajstić information content (AvgIpc) is 2.98. The molecule has 0 unspecified atom stereocenters. The average molecular weight is 258 g/mol. The van der Waals surface area contributed by atoms with Crippen molar-refractivity contribution >= 4 is 6.41 Å². The lowest BCUT2D eigenvalue weighted by Crippen LogP contribution is -2.31. The molecular formula is C13H14N4O2. The minimum absolute atomic E-state index is 0.245. The Hall–Kier alpha value is -2.24. The van der Waals surface area contributed by atoms with Gasteiger partial charge in [0.15, 0.2) is 0 Å². The highest BCUT2D eigenvalue weighted by molar-refractivity contribution is 5.52. The Bertz CT molecular complexity index is 547. The van der Waals surface area contributed by atoms with Gasteiger partial charge in [-0.3, -0.25) is 9.78 Å². The van der Waals surface area contributed by atoms with Crippen LogP contribution < -0.4 is 0 Å². The molecule has 0 spiro atoms. The van der Waals surface area contributed by atoms with Crippen LogP contribution in [0.2, 0.25) is 0 Å². The number of carbonyl (C=O) groups is 1. The minimum Gasteiger partial charge on any atom is -0.345 e. The first-order valence-electron chi connectivity index (χ1n) is 6.30. The Morgan fingerprint density at radius 1 is 1.37 bits per heavy atom. The molecule has 2 aromatic heterocycles. The van der Waals surface area contributed by atoms with Crippen LogP contribution in [-0.2, 0) is 4.79 Å². The van der Waals surface area contributed by atoms with Gasteiger partial charge < -0.3 is 9.42 Å². The Morgan fingerprint density at radius 2 is 2.21 bits per heavy atom. The first-order chi connectivity index (χ1) is 9.36. The Kier molecular flexibility index (Phi) is 3.22. The third-order valence-electron chi connectivity index (χ3n) is 3.39. The molecule has 6 heteroatoms. The van der Waals surface area contributed by atoms with E-state index in [9.17, 15) is 4.79 Å². The van der Waals surface area contributed by atoms with Gasteiger partial charge in [-0.15, -0.1) is 0 Å². The topological polar surface area (TPSA) is 72.1 Å². The van der Waals surface area contributed by atoms with Gasteiger partial charge in [-0.2, -0.15) is 4.98 Å². The highest BCUT2D eigenvalue weighted by atomic mass is 16.5. The molecule has 3 rings (SSSR count). The van der Waals surface area contributed by atoms with Crippen LogP contribution in [0.15, 0.2) is 29.0 Å². The van der Waals surface area contributed by atoms with Crippen LogP contribution in [0, 0.1) is 0 Å². The van der Waals surface area contributed by atoms with E-state index in [1.54, 1.807) is 17.3 Å². The summed E-state index contributed by atoms with van der Waals surface area (Å²) >= 11 is 0. The first kappa shape index (κ1) is 11.8. The van der Waals surface area contributed by atoms with Gasteiger partial charge in [0, 0.05) is 37.0 Å². The van der Waals surface area contributed by atoms with E-state index < -0.39 is 0 Å². The van der Waals surface area contributed by atoms with Crippen molar-refractivity contribution in [1.82, 2.24) is 20.0 Å². The van der Waals surface area contributed by atoms with E-state index in [2.05, 4.69) is 15.1 Å². The zero-order valence-corrected chi connectivity index (χ0v) is 10.4. The maximum absolute atomic E-state index is 10.7.